The maximum Gasteiger partial charge on any atom is 0.331 e. The molecule has 2 rings (SSSR count). The summed E-state index contributed by atoms with van der Waals surface area (Å²) in [5, 5.41) is 10.4. The zero-order chi connectivity index (χ0) is 14.9. The molecule has 2 N–H and O–H groups in total. The van der Waals surface area contributed by atoms with Gasteiger partial charge in [0.15, 0.2) is 0 Å². The number of rotatable bonds is 2. The Hall–Kier alpha value is -1.52. The lowest BCUT2D eigenvalue weighted by atomic mass is 10.0. The molecule has 1 aromatic heterocycles. The number of nitrogens with one attached hydrogen (secondary N) is 1. The summed E-state index contributed by atoms with van der Waals surface area (Å²) < 4.78 is 1.40. The number of aromatic amines is 1. The van der Waals surface area contributed by atoms with Gasteiger partial charge in [-0.3, -0.25) is 14.3 Å². The van der Waals surface area contributed by atoms with Crippen molar-refractivity contribution in [1.82, 2.24) is 9.55 Å². The predicted octanol–water partition coefficient (Wildman–Crippen LogP) is 2.51. The number of hydrogen-bond acceptors (Lipinski definition) is 3. The summed E-state index contributed by atoms with van der Waals surface area (Å²) in [5.41, 5.74) is -0.654. The van der Waals surface area contributed by atoms with E-state index in [2.05, 4.69) is 11.9 Å². The summed E-state index contributed by atoms with van der Waals surface area (Å²) >= 11 is 0. The molecule has 0 bridgehead atoms. The van der Waals surface area contributed by atoms with Gasteiger partial charge in [0, 0.05) is 6.04 Å². The van der Waals surface area contributed by atoms with Crippen molar-refractivity contribution in [3.05, 3.63) is 26.4 Å². The van der Waals surface area contributed by atoms with Crippen molar-refractivity contribution in [3.8, 4) is 5.88 Å². The summed E-state index contributed by atoms with van der Waals surface area (Å²) in [7, 11) is 0. The molecule has 0 radical (unpaired) electrons. The fraction of sp³-hybridized carbons (Fsp3) is 0.733. The van der Waals surface area contributed by atoms with E-state index in [-0.39, 0.29) is 17.8 Å². The van der Waals surface area contributed by atoms with Crippen molar-refractivity contribution in [3.63, 3.8) is 0 Å². The van der Waals surface area contributed by atoms with Gasteiger partial charge in [0.05, 0.1) is 5.56 Å². The van der Waals surface area contributed by atoms with Crippen molar-refractivity contribution in [2.45, 2.75) is 64.8 Å². The highest BCUT2D eigenvalue weighted by Crippen LogP contribution is 2.32. The van der Waals surface area contributed by atoms with Crippen molar-refractivity contribution < 1.29 is 5.11 Å². The van der Waals surface area contributed by atoms with E-state index in [0.717, 1.165) is 32.1 Å². The Kier molecular flexibility index (Phi) is 4.35. The van der Waals surface area contributed by atoms with Gasteiger partial charge in [0.25, 0.3) is 5.56 Å². The predicted molar refractivity (Wildman–Crippen MR) is 78.4 cm³/mol. The molecule has 0 saturated heterocycles. The smallest absolute Gasteiger partial charge is 0.331 e. The quantitative estimate of drug-likeness (QED) is 0.817. The first-order chi connectivity index (χ1) is 9.41. The standard InChI is InChI=1S/C15H24N2O3/c1-9(2)12-13(18)16-15(20)17(14(12)19)11-6-4-5-10(3)7-8-11/h9-11,19H,4-8H2,1-3H3,(H,16,18,20). The van der Waals surface area contributed by atoms with Gasteiger partial charge in [-0.15, -0.1) is 0 Å². The summed E-state index contributed by atoms with van der Waals surface area (Å²) in [4.78, 5) is 26.3. The largest absolute Gasteiger partial charge is 0.494 e. The summed E-state index contributed by atoms with van der Waals surface area (Å²) in [6.45, 7) is 5.90. The highest BCUT2D eigenvalue weighted by atomic mass is 16.3. The van der Waals surface area contributed by atoms with Crippen LogP contribution in [0.3, 0.4) is 0 Å². The molecule has 1 aromatic rings. The molecule has 20 heavy (non-hydrogen) atoms. The van der Waals surface area contributed by atoms with Gasteiger partial charge < -0.3 is 5.11 Å². The van der Waals surface area contributed by atoms with Gasteiger partial charge in [-0.05, 0) is 31.1 Å². The molecule has 1 saturated carbocycles. The minimum absolute atomic E-state index is 0.0122. The number of hydrogen-bond donors (Lipinski definition) is 2. The summed E-state index contributed by atoms with van der Waals surface area (Å²) in [5.74, 6) is 0.397. The van der Waals surface area contributed by atoms with Gasteiger partial charge in [-0.1, -0.05) is 33.6 Å². The lowest BCUT2D eigenvalue weighted by Gasteiger charge is -2.21. The zero-order valence-corrected chi connectivity index (χ0v) is 12.5. The Labute approximate surface area is 118 Å². The molecular weight excluding hydrogens is 256 g/mol. The molecule has 2 atom stereocenters. The van der Waals surface area contributed by atoms with Gasteiger partial charge in [-0.2, -0.15) is 0 Å². The van der Waals surface area contributed by atoms with E-state index in [1.807, 2.05) is 13.8 Å². The van der Waals surface area contributed by atoms with E-state index in [1.165, 1.54) is 4.57 Å². The maximum atomic E-state index is 12.1. The second kappa shape index (κ2) is 5.85. The third-order valence-corrected chi connectivity index (χ3v) is 4.32. The molecule has 112 valence electrons. The molecule has 0 aromatic carbocycles. The molecule has 1 aliphatic carbocycles. The molecule has 1 fully saturated rings. The first-order valence-electron chi connectivity index (χ1n) is 7.49. The van der Waals surface area contributed by atoms with Crippen LogP contribution in [-0.4, -0.2) is 14.7 Å². The van der Waals surface area contributed by atoms with Crippen LogP contribution in [0.2, 0.25) is 0 Å². The Morgan fingerprint density at radius 1 is 1.20 bits per heavy atom. The molecule has 5 nitrogen and oxygen atoms in total. The average Bonchev–Trinajstić information content (AvgIpc) is 2.53. The van der Waals surface area contributed by atoms with Crippen LogP contribution in [0.5, 0.6) is 5.88 Å². The molecular formula is C15H24N2O3. The second-order valence-corrected chi connectivity index (χ2v) is 6.29. The van der Waals surface area contributed by atoms with E-state index >= 15 is 0 Å². The van der Waals surface area contributed by atoms with Crippen LogP contribution in [0.15, 0.2) is 9.59 Å². The van der Waals surface area contributed by atoms with Crippen LogP contribution in [0.4, 0.5) is 0 Å². The fourth-order valence-corrected chi connectivity index (χ4v) is 3.14. The molecule has 2 unspecified atom stereocenters. The minimum atomic E-state index is -0.489. The van der Waals surface area contributed by atoms with Crippen molar-refractivity contribution >= 4 is 0 Å². The van der Waals surface area contributed by atoms with E-state index < -0.39 is 11.2 Å². The average molecular weight is 280 g/mol. The van der Waals surface area contributed by atoms with Gasteiger partial charge in [-0.25, -0.2) is 4.79 Å². The number of nitrogens with zero attached hydrogens (tertiary/aromatic N) is 1. The Morgan fingerprint density at radius 3 is 2.55 bits per heavy atom. The Morgan fingerprint density at radius 2 is 1.90 bits per heavy atom. The van der Waals surface area contributed by atoms with Crippen molar-refractivity contribution in [1.29, 1.82) is 0 Å². The SMILES string of the molecule is CC1CCCC(n2c(O)c(C(C)C)c(=O)[nH]c2=O)CC1. The van der Waals surface area contributed by atoms with Crippen LogP contribution in [0, 0.1) is 5.92 Å². The van der Waals surface area contributed by atoms with Gasteiger partial charge >= 0.3 is 5.69 Å². The fourth-order valence-electron chi connectivity index (χ4n) is 3.14. The first kappa shape index (κ1) is 14.9. The van der Waals surface area contributed by atoms with Crippen molar-refractivity contribution in [2.24, 2.45) is 5.92 Å². The van der Waals surface area contributed by atoms with E-state index in [9.17, 15) is 14.7 Å². The third-order valence-electron chi connectivity index (χ3n) is 4.32. The van der Waals surface area contributed by atoms with Crippen LogP contribution in [0.1, 0.15) is 70.4 Å². The Balaban J connectivity index is 2.48. The van der Waals surface area contributed by atoms with Crippen molar-refractivity contribution in [2.75, 3.05) is 0 Å². The molecule has 1 aliphatic rings. The van der Waals surface area contributed by atoms with Gasteiger partial charge in [0.1, 0.15) is 0 Å². The molecule has 5 heteroatoms. The maximum absolute atomic E-state index is 12.1. The lowest BCUT2D eigenvalue weighted by Crippen LogP contribution is -2.34. The van der Waals surface area contributed by atoms with Crippen LogP contribution >= 0.6 is 0 Å². The second-order valence-electron chi connectivity index (χ2n) is 6.29. The monoisotopic (exact) mass is 280 g/mol. The molecule has 0 aliphatic heterocycles. The molecule has 0 amide bonds. The normalized spacial score (nSPS) is 23.8. The van der Waals surface area contributed by atoms with E-state index in [0.29, 0.717) is 11.5 Å². The minimum Gasteiger partial charge on any atom is -0.494 e. The Bertz CT molecular complexity index is 586. The zero-order valence-electron chi connectivity index (χ0n) is 12.5. The highest BCUT2D eigenvalue weighted by Gasteiger charge is 2.24. The first-order valence-corrected chi connectivity index (χ1v) is 7.49. The third kappa shape index (κ3) is 2.81. The van der Waals surface area contributed by atoms with Crippen LogP contribution in [-0.2, 0) is 0 Å². The number of H-pyrrole nitrogens is 1. The van der Waals surface area contributed by atoms with Crippen LogP contribution in [0.25, 0.3) is 0 Å². The van der Waals surface area contributed by atoms with Crippen LogP contribution < -0.4 is 11.2 Å². The summed E-state index contributed by atoms with van der Waals surface area (Å²) in [6, 6.07) is -0.0122. The lowest BCUT2D eigenvalue weighted by molar-refractivity contribution is 0.331. The number of aromatic hydroxyl groups is 1. The topological polar surface area (TPSA) is 75.1 Å². The molecule has 1 heterocycles. The highest BCUT2D eigenvalue weighted by molar-refractivity contribution is 5.26. The number of aromatic nitrogens is 2. The van der Waals surface area contributed by atoms with E-state index in [1.54, 1.807) is 0 Å². The summed E-state index contributed by atoms with van der Waals surface area (Å²) in [6.07, 6.45) is 5.01. The van der Waals surface area contributed by atoms with E-state index in [4.69, 9.17) is 0 Å². The van der Waals surface area contributed by atoms with Gasteiger partial charge in [0.2, 0.25) is 5.88 Å². The molecule has 0 spiro atoms.